The second-order valence-electron chi connectivity index (χ2n) is 6.20. The lowest BCUT2D eigenvalue weighted by Crippen LogP contribution is -2.54. The van der Waals surface area contributed by atoms with Crippen LogP contribution in [0.25, 0.3) is 0 Å². The molecule has 25 heavy (non-hydrogen) atoms. The van der Waals surface area contributed by atoms with Crippen LogP contribution in [0.15, 0.2) is 24.3 Å². The molecule has 1 aromatic carbocycles. The number of piperazine rings is 1. The zero-order chi connectivity index (χ0) is 17.9. The van der Waals surface area contributed by atoms with Gasteiger partial charge in [-0.25, -0.2) is 4.79 Å². The summed E-state index contributed by atoms with van der Waals surface area (Å²) in [6.45, 7) is 4.66. The van der Waals surface area contributed by atoms with Crippen molar-refractivity contribution in [3.63, 3.8) is 0 Å². The van der Waals surface area contributed by atoms with Gasteiger partial charge in [0.15, 0.2) is 0 Å². The molecule has 0 saturated carbocycles. The van der Waals surface area contributed by atoms with Crippen molar-refractivity contribution in [1.82, 2.24) is 13.5 Å². The molecule has 9 heteroatoms. The van der Waals surface area contributed by atoms with Crippen molar-refractivity contribution in [3.8, 4) is 0 Å². The quantitative estimate of drug-likeness (QED) is 0.791. The highest BCUT2D eigenvalue weighted by molar-refractivity contribution is 7.86. The molecule has 0 aliphatic carbocycles. The molecule has 0 atom stereocenters. The first-order valence-corrected chi connectivity index (χ1v) is 9.74. The molecule has 2 aliphatic rings. The van der Waals surface area contributed by atoms with Crippen molar-refractivity contribution in [2.45, 2.75) is 6.54 Å². The topological polar surface area (TPSA) is 90.4 Å². The van der Waals surface area contributed by atoms with Gasteiger partial charge in [-0.3, -0.25) is 4.90 Å². The fourth-order valence-electron chi connectivity index (χ4n) is 3.07. The summed E-state index contributed by atoms with van der Waals surface area (Å²) in [5.74, 6) is -0.937. The lowest BCUT2D eigenvalue weighted by molar-refractivity contribution is 0.0684. The summed E-state index contributed by atoms with van der Waals surface area (Å²) in [6, 6.07) is 6.80. The van der Waals surface area contributed by atoms with Crippen molar-refractivity contribution < 1.29 is 23.1 Å². The first-order chi connectivity index (χ1) is 12.0. The van der Waals surface area contributed by atoms with E-state index in [2.05, 4.69) is 4.90 Å². The Morgan fingerprint density at radius 3 is 2.08 bits per heavy atom. The standard InChI is InChI=1S/C16H23N3O5S/c20-16(21)15-3-1-14(2-4-15)13-17-5-7-18(8-6-17)25(22,23)19-9-11-24-12-10-19/h1-4H,5-13H2,(H,20,21). The minimum atomic E-state index is -3.40. The molecule has 0 aromatic heterocycles. The number of morpholine rings is 1. The molecule has 1 aromatic rings. The van der Waals surface area contributed by atoms with Gasteiger partial charge in [0.1, 0.15) is 0 Å². The van der Waals surface area contributed by atoms with E-state index in [4.69, 9.17) is 9.84 Å². The summed E-state index contributed by atoms with van der Waals surface area (Å²) in [5.41, 5.74) is 1.29. The summed E-state index contributed by atoms with van der Waals surface area (Å²) in [7, 11) is -3.40. The molecule has 0 unspecified atom stereocenters. The predicted octanol–water partition coefficient (Wildman–Crippen LogP) is 0.0794. The Bertz CT molecular complexity index is 693. The maximum Gasteiger partial charge on any atom is 0.335 e. The van der Waals surface area contributed by atoms with E-state index in [9.17, 15) is 13.2 Å². The van der Waals surface area contributed by atoms with Crippen LogP contribution >= 0.6 is 0 Å². The Balaban J connectivity index is 1.53. The number of carboxylic acids is 1. The van der Waals surface area contributed by atoms with Crippen LogP contribution in [0, 0.1) is 0 Å². The molecule has 8 nitrogen and oxygen atoms in total. The van der Waals surface area contributed by atoms with Crippen LogP contribution in [-0.2, 0) is 21.5 Å². The normalized spacial score (nSPS) is 21.3. The third kappa shape index (κ3) is 4.36. The Labute approximate surface area is 147 Å². The molecule has 2 heterocycles. The Kier molecular flexibility index (Phi) is 5.70. The smallest absolute Gasteiger partial charge is 0.335 e. The van der Waals surface area contributed by atoms with Crippen LogP contribution in [0.4, 0.5) is 0 Å². The van der Waals surface area contributed by atoms with E-state index in [-0.39, 0.29) is 5.56 Å². The van der Waals surface area contributed by atoms with Gasteiger partial charge in [-0.15, -0.1) is 0 Å². The van der Waals surface area contributed by atoms with Crippen molar-refractivity contribution in [3.05, 3.63) is 35.4 Å². The van der Waals surface area contributed by atoms with Gasteiger partial charge >= 0.3 is 5.97 Å². The summed E-state index contributed by atoms with van der Waals surface area (Å²) < 4.78 is 33.5. The highest BCUT2D eigenvalue weighted by Crippen LogP contribution is 2.16. The van der Waals surface area contributed by atoms with Gasteiger partial charge in [0.05, 0.1) is 18.8 Å². The van der Waals surface area contributed by atoms with Gasteiger partial charge in [-0.2, -0.15) is 17.0 Å². The van der Waals surface area contributed by atoms with Crippen molar-refractivity contribution in [2.75, 3.05) is 52.5 Å². The highest BCUT2D eigenvalue weighted by atomic mass is 32.2. The predicted molar refractivity (Wildman–Crippen MR) is 91.6 cm³/mol. The van der Waals surface area contributed by atoms with Crippen LogP contribution in [0.3, 0.4) is 0 Å². The van der Waals surface area contributed by atoms with Gasteiger partial charge in [0.2, 0.25) is 0 Å². The number of carbonyl (C=O) groups is 1. The minimum absolute atomic E-state index is 0.269. The number of hydrogen-bond donors (Lipinski definition) is 1. The van der Waals surface area contributed by atoms with Crippen molar-refractivity contribution >= 4 is 16.2 Å². The van der Waals surface area contributed by atoms with Crippen LogP contribution in [0.5, 0.6) is 0 Å². The number of nitrogens with zero attached hydrogens (tertiary/aromatic N) is 3. The third-order valence-corrected chi connectivity index (χ3v) is 6.60. The number of hydrogen-bond acceptors (Lipinski definition) is 5. The zero-order valence-electron chi connectivity index (χ0n) is 14.0. The second kappa shape index (κ2) is 7.79. The van der Waals surface area contributed by atoms with E-state index in [0.29, 0.717) is 59.0 Å². The van der Waals surface area contributed by atoms with Crippen LogP contribution in [0.2, 0.25) is 0 Å². The van der Waals surface area contributed by atoms with E-state index >= 15 is 0 Å². The zero-order valence-corrected chi connectivity index (χ0v) is 14.8. The molecule has 1 N–H and O–H groups in total. The summed E-state index contributed by atoms with van der Waals surface area (Å²) in [5, 5.41) is 8.93. The first kappa shape index (κ1) is 18.3. The van der Waals surface area contributed by atoms with Gasteiger partial charge in [-0.05, 0) is 17.7 Å². The van der Waals surface area contributed by atoms with E-state index in [0.717, 1.165) is 5.56 Å². The van der Waals surface area contributed by atoms with Crippen molar-refractivity contribution in [1.29, 1.82) is 0 Å². The monoisotopic (exact) mass is 369 g/mol. The third-order valence-electron chi connectivity index (χ3n) is 4.56. The Morgan fingerprint density at radius 1 is 0.960 bits per heavy atom. The fraction of sp³-hybridized carbons (Fsp3) is 0.562. The molecular weight excluding hydrogens is 346 g/mol. The number of aromatic carboxylic acids is 1. The SMILES string of the molecule is O=C(O)c1ccc(CN2CCN(S(=O)(=O)N3CCOCC3)CC2)cc1. The maximum absolute atomic E-state index is 12.6. The first-order valence-electron chi connectivity index (χ1n) is 8.34. The summed E-state index contributed by atoms with van der Waals surface area (Å²) >= 11 is 0. The Hall–Kier alpha value is -1.52. The molecular formula is C16H23N3O5S. The molecule has 0 bridgehead atoms. The highest BCUT2D eigenvalue weighted by Gasteiger charge is 2.33. The van der Waals surface area contributed by atoms with Crippen molar-refractivity contribution in [2.24, 2.45) is 0 Å². The molecule has 0 spiro atoms. The number of carboxylic acid groups (broad SMARTS) is 1. The van der Waals surface area contributed by atoms with Crippen LogP contribution < -0.4 is 0 Å². The van der Waals surface area contributed by atoms with Crippen LogP contribution in [0.1, 0.15) is 15.9 Å². The molecule has 0 amide bonds. The average Bonchev–Trinajstić information content (AvgIpc) is 2.63. The summed E-state index contributed by atoms with van der Waals surface area (Å²) in [4.78, 5) is 13.1. The molecule has 0 radical (unpaired) electrons. The molecule has 3 rings (SSSR count). The van der Waals surface area contributed by atoms with E-state index in [1.54, 1.807) is 28.6 Å². The molecule has 2 saturated heterocycles. The summed E-state index contributed by atoms with van der Waals surface area (Å²) in [6.07, 6.45) is 0. The lowest BCUT2D eigenvalue weighted by Gasteiger charge is -2.37. The molecule has 138 valence electrons. The van der Waals surface area contributed by atoms with Gasteiger partial charge in [-0.1, -0.05) is 12.1 Å². The second-order valence-corrected chi connectivity index (χ2v) is 8.12. The van der Waals surface area contributed by atoms with Gasteiger partial charge in [0, 0.05) is 45.8 Å². The van der Waals surface area contributed by atoms with E-state index < -0.39 is 16.2 Å². The van der Waals surface area contributed by atoms with Crippen LogP contribution in [-0.4, -0.2) is 85.5 Å². The number of ether oxygens (including phenoxy) is 1. The van der Waals surface area contributed by atoms with E-state index in [1.165, 1.54) is 4.31 Å². The lowest BCUT2D eigenvalue weighted by atomic mass is 10.1. The number of benzene rings is 1. The van der Waals surface area contributed by atoms with Gasteiger partial charge in [0.25, 0.3) is 10.2 Å². The molecule has 2 aliphatic heterocycles. The largest absolute Gasteiger partial charge is 0.478 e. The maximum atomic E-state index is 12.6. The fourth-order valence-corrected chi connectivity index (χ4v) is 4.63. The van der Waals surface area contributed by atoms with E-state index in [1.807, 2.05) is 0 Å². The minimum Gasteiger partial charge on any atom is -0.478 e. The van der Waals surface area contributed by atoms with Gasteiger partial charge < -0.3 is 9.84 Å². The number of rotatable bonds is 5. The average molecular weight is 369 g/mol. The Morgan fingerprint density at radius 2 is 1.52 bits per heavy atom. The molecule has 2 fully saturated rings.